The van der Waals surface area contributed by atoms with Gasteiger partial charge in [-0.25, -0.2) is 0 Å². The number of pyridine rings is 1. The molecule has 1 aromatic carbocycles. The molecule has 2 heterocycles. The first-order valence-electron chi connectivity index (χ1n) is 6.25. The number of phenols is 1. The lowest BCUT2D eigenvalue weighted by atomic mass is 10.1. The summed E-state index contributed by atoms with van der Waals surface area (Å²) < 4.78 is 5.26. The summed E-state index contributed by atoms with van der Waals surface area (Å²) in [6.07, 6.45) is 2.25. The van der Waals surface area contributed by atoms with E-state index in [-0.39, 0.29) is 5.75 Å². The van der Waals surface area contributed by atoms with Crippen molar-refractivity contribution >= 4 is 0 Å². The zero-order valence-electron chi connectivity index (χ0n) is 10.9. The van der Waals surface area contributed by atoms with Crippen LogP contribution in [-0.4, -0.2) is 20.2 Å². The van der Waals surface area contributed by atoms with Crippen molar-refractivity contribution in [3.63, 3.8) is 0 Å². The summed E-state index contributed by atoms with van der Waals surface area (Å²) in [6.45, 7) is 1.81. The van der Waals surface area contributed by atoms with Crippen LogP contribution < -0.4 is 0 Å². The Labute approximate surface area is 115 Å². The van der Waals surface area contributed by atoms with Gasteiger partial charge in [-0.3, -0.25) is 4.98 Å². The van der Waals surface area contributed by atoms with Gasteiger partial charge in [-0.2, -0.15) is 4.98 Å². The second kappa shape index (κ2) is 5.13. The molecule has 0 spiro atoms. The fourth-order valence-electron chi connectivity index (χ4n) is 1.96. The van der Waals surface area contributed by atoms with E-state index in [0.29, 0.717) is 18.1 Å². The molecule has 0 aliphatic rings. The van der Waals surface area contributed by atoms with Crippen molar-refractivity contribution in [2.75, 3.05) is 0 Å². The molecule has 3 rings (SSSR count). The average molecular weight is 267 g/mol. The lowest BCUT2D eigenvalue weighted by molar-refractivity contribution is 0.422. The maximum Gasteiger partial charge on any atom is 0.258 e. The molecule has 3 aromatic rings. The summed E-state index contributed by atoms with van der Waals surface area (Å²) in [5, 5.41) is 13.7. The standard InChI is InChI=1S/C15H13N3O2/c1-10-12(6-4-7-13(10)19)15-17-14(18-20-15)9-11-5-2-3-8-16-11/h2-8,19H,9H2,1H3. The minimum Gasteiger partial charge on any atom is -0.508 e. The van der Waals surface area contributed by atoms with Crippen molar-refractivity contribution in [3.05, 3.63) is 59.7 Å². The fourth-order valence-corrected chi connectivity index (χ4v) is 1.96. The maximum atomic E-state index is 9.70. The molecule has 0 saturated carbocycles. The van der Waals surface area contributed by atoms with Crippen LogP contribution in [0.4, 0.5) is 0 Å². The molecular weight excluding hydrogens is 254 g/mol. The molecule has 5 heteroatoms. The van der Waals surface area contributed by atoms with Gasteiger partial charge in [0.15, 0.2) is 5.82 Å². The maximum absolute atomic E-state index is 9.70. The van der Waals surface area contributed by atoms with E-state index in [1.807, 2.05) is 31.2 Å². The van der Waals surface area contributed by atoms with E-state index in [2.05, 4.69) is 15.1 Å². The lowest BCUT2D eigenvalue weighted by Crippen LogP contribution is -1.93. The second-order valence-corrected chi connectivity index (χ2v) is 4.46. The van der Waals surface area contributed by atoms with Crippen molar-refractivity contribution in [1.29, 1.82) is 0 Å². The van der Waals surface area contributed by atoms with Gasteiger partial charge in [-0.15, -0.1) is 0 Å². The number of benzene rings is 1. The molecule has 100 valence electrons. The average Bonchev–Trinajstić information content (AvgIpc) is 2.91. The highest BCUT2D eigenvalue weighted by Crippen LogP contribution is 2.27. The van der Waals surface area contributed by atoms with Gasteiger partial charge in [0.25, 0.3) is 5.89 Å². The molecule has 0 bridgehead atoms. The topological polar surface area (TPSA) is 72.0 Å². The van der Waals surface area contributed by atoms with E-state index in [1.54, 1.807) is 18.3 Å². The van der Waals surface area contributed by atoms with E-state index in [1.165, 1.54) is 0 Å². The normalized spacial score (nSPS) is 10.7. The van der Waals surface area contributed by atoms with Crippen LogP contribution in [0.3, 0.4) is 0 Å². The van der Waals surface area contributed by atoms with Gasteiger partial charge < -0.3 is 9.63 Å². The molecule has 20 heavy (non-hydrogen) atoms. The Morgan fingerprint density at radius 3 is 2.85 bits per heavy atom. The number of rotatable bonds is 3. The Hall–Kier alpha value is -2.69. The number of nitrogens with zero attached hydrogens (tertiary/aromatic N) is 3. The van der Waals surface area contributed by atoms with Crippen LogP contribution in [0.15, 0.2) is 47.1 Å². The van der Waals surface area contributed by atoms with Gasteiger partial charge in [0, 0.05) is 23.0 Å². The molecule has 0 aliphatic carbocycles. The molecule has 0 saturated heterocycles. The van der Waals surface area contributed by atoms with Crippen molar-refractivity contribution in [1.82, 2.24) is 15.1 Å². The first-order valence-corrected chi connectivity index (χ1v) is 6.25. The van der Waals surface area contributed by atoms with Crippen LogP contribution in [0.2, 0.25) is 0 Å². The number of hydrogen-bond donors (Lipinski definition) is 1. The molecule has 0 aliphatic heterocycles. The Bertz CT molecular complexity index is 723. The predicted octanol–water partition coefficient (Wildman–Crippen LogP) is 2.74. The van der Waals surface area contributed by atoms with Crippen LogP contribution in [0, 0.1) is 6.92 Å². The molecule has 0 amide bonds. The largest absolute Gasteiger partial charge is 0.508 e. The molecule has 0 unspecified atom stereocenters. The van der Waals surface area contributed by atoms with E-state index in [4.69, 9.17) is 4.52 Å². The third-order valence-electron chi connectivity index (χ3n) is 3.07. The molecule has 1 N–H and O–H groups in total. The first-order chi connectivity index (χ1) is 9.74. The van der Waals surface area contributed by atoms with Crippen molar-refractivity contribution < 1.29 is 9.63 Å². The van der Waals surface area contributed by atoms with Crippen molar-refractivity contribution in [2.45, 2.75) is 13.3 Å². The molecule has 0 atom stereocenters. The van der Waals surface area contributed by atoms with Crippen LogP contribution >= 0.6 is 0 Å². The summed E-state index contributed by atoms with van der Waals surface area (Å²) in [4.78, 5) is 8.57. The Kier molecular flexibility index (Phi) is 3.16. The lowest BCUT2D eigenvalue weighted by Gasteiger charge is -2.01. The van der Waals surface area contributed by atoms with Gasteiger partial charge in [0.05, 0.1) is 6.42 Å². The second-order valence-electron chi connectivity index (χ2n) is 4.46. The van der Waals surface area contributed by atoms with E-state index >= 15 is 0 Å². The van der Waals surface area contributed by atoms with Gasteiger partial charge in [0.2, 0.25) is 0 Å². The minimum atomic E-state index is 0.215. The van der Waals surface area contributed by atoms with E-state index in [0.717, 1.165) is 16.8 Å². The van der Waals surface area contributed by atoms with Crippen LogP contribution in [-0.2, 0) is 6.42 Å². The third-order valence-corrected chi connectivity index (χ3v) is 3.07. The summed E-state index contributed by atoms with van der Waals surface area (Å²) in [5.41, 5.74) is 2.35. The van der Waals surface area contributed by atoms with Gasteiger partial charge in [-0.1, -0.05) is 17.3 Å². The predicted molar refractivity (Wildman–Crippen MR) is 73.2 cm³/mol. The third kappa shape index (κ3) is 2.38. The summed E-state index contributed by atoms with van der Waals surface area (Å²) in [7, 11) is 0. The number of phenolic OH excluding ortho intramolecular Hbond substituents is 1. The van der Waals surface area contributed by atoms with E-state index in [9.17, 15) is 5.11 Å². The van der Waals surface area contributed by atoms with Gasteiger partial charge >= 0.3 is 0 Å². The molecular formula is C15H13N3O2. The highest BCUT2D eigenvalue weighted by molar-refractivity contribution is 5.61. The summed E-state index contributed by atoms with van der Waals surface area (Å²) >= 11 is 0. The number of hydrogen-bond acceptors (Lipinski definition) is 5. The number of aromatic hydroxyl groups is 1. The monoisotopic (exact) mass is 267 g/mol. The van der Waals surface area contributed by atoms with Gasteiger partial charge in [-0.05, 0) is 31.2 Å². The zero-order valence-corrected chi connectivity index (χ0v) is 10.9. The van der Waals surface area contributed by atoms with Crippen LogP contribution in [0.5, 0.6) is 5.75 Å². The smallest absolute Gasteiger partial charge is 0.258 e. The fraction of sp³-hybridized carbons (Fsp3) is 0.133. The number of aromatic nitrogens is 3. The highest BCUT2D eigenvalue weighted by Gasteiger charge is 2.13. The molecule has 0 fully saturated rings. The quantitative estimate of drug-likeness (QED) is 0.790. The van der Waals surface area contributed by atoms with Crippen molar-refractivity contribution in [2.24, 2.45) is 0 Å². The van der Waals surface area contributed by atoms with Crippen molar-refractivity contribution in [3.8, 4) is 17.2 Å². The summed E-state index contributed by atoms with van der Waals surface area (Å²) in [6, 6.07) is 10.9. The molecule has 0 radical (unpaired) electrons. The van der Waals surface area contributed by atoms with Crippen LogP contribution in [0.1, 0.15) is 17.1 Å². The Morgan fingerprint density at radius 1 is 1.15 bits per heavy atom. The Morgan fingerprint density at radius 2 is 2.05 bits per heavy atom. The SMILES string of the molecule is Cc1c(O)cccc1-c1nc(Cc2ccccn2)no1. The van der Waals surface area contributed by atoms with Crippen LogP contribution in [0.25, 0.3) is 11.5 Å². The Balaban J connectivity index is 1.89. The zero-order chi connectivity index (χ0) is 13.9. The van der Waals surface area contributed by atoms with Gasteiger partial charge in [0.1, 0.15) is 5.75 Å². The first kappa shape index (κ1) is 12.3. The molecule has 2 aromatic heterocycles. The summed E-state index contributed by atoms with van der Waals surface area (Å²) in [5.74, 6) is 1.19. The highest BCUT2D eigenvalue weighted by atomic mass is 16.5. The molecule has 5 nitrogen and oxygen atoms in total. The minimum absolute atomic E-state index is 0.215. The van der Waals surface area contributed by atoms with E-state index < -0.39 is 0 Å².